The van der Waals surface area contributed by atoms with Gasteiger partial charge in [0.1, 0.15) is 35.2 Å². The molecule has 5 rings (SSSR count). The maximum atomic E-state index is 14.5. The van der Waals surface area contributed by atoms with Crippen molar-refractivity contribution < 1.29 is 31.9 Å². The number of aromatic nitrogens is 2. The summed E-state index contributed by atoms with van der Waals surface area (Å²) in [5, 5.41) is 2.63. The second-order valence-corrected chi connectivity index (χ2v) is 11.0. The van der Waals surface area contributed by atoms with Crippen LogP contribution in [-0.4, -0.2) is 41.1 Å². The van der Waals surface area contributed by atoms with Crippen molar-refractivity contribution in [2.75, 3.05) is 13.2 Å². The lowest BCUT2D eigenvalue weighted by Gasteiger charge is -2.24. The van der Waals surface area contributed by atoms with E-state index in [1.807, 2.05) is 0 Å². The molecule has 13 heteroatoms. The first-order valence-corrected chi connectivity index (χ1v) is 13.3. The minimum absolute atomic E-state index is 0.0321. The van der Waals surface area contributed by atoms with E-state index in [1.165, 1.54) is 31.2 Å². The number of carbonyl (C=O) groups is 2. The van der Waals surface area contributed by atoms with Gasteiger partial charge in [-0.1, -0.05) is 35.3 Å². The predicted molar refractivity (Wildman–Crippen MR) is 149 cm³/mol. The van der Waals surface area contributed by atoms with Gasteiger partial charge in [-0.05, 0) is 49.7 Å². The van der Waals surface area contributed by atoms with Gasteiger partial charge in [-0.3, -0.25) is 14.6 Å². The lowest BCUT2D eigenvalue weighted by molar-refractivity contribution is -0.149. The van der Waals surface area contributed by atoms with Crippen LogP contribution in [0.1, 0.15) is 40.0 Å². The number of ether oxygens (including phenoxy) is 1. The Balaban J connectivity index is 1.57. The average Bonchev–Trinajstić information content (AvgIpc) is 3.26. The van der Waals surface area contributed by atoms with Crippen molar-refractivity contribution in [2.24, 2.45) is 5.73 Å². The van der Waals surface area contributed by atoms with Crippen LogP contribution in [0.4, 0.5) is 17.6 Å². The third-order valence-electron chi connectivity index (χ3n) is 7.20. The van der Waals surface area contributed by atoms with Crippen LogP contribution in [0.15, 0.2) is 48.7 Å². The molecule has 0 bridgehead atoms. The SMILES string of the molecule is Cc1cnc2c(Cl)cc(C(=O)NCC(c3cc4c(c(-c5cccc(F)c5Cl)n3)OC[C@]4(C)C(N)=O)C(F)(F)F)cc2c1. The van der Waals surface area contributed by atoms with Gasteiger partial charge in [0.25, 0.3) is 5.91 Å². The second-order valence-electron chi connectivity index (χ2n) is 10.2. The molecule has 2 aromatic carbocycles. The Morgan fingerprint density at radius 2 is 1.93 bits per heavy atom. The average molecular weight is 621 g/mol. The summed E-state index contributed by atoms with van der Waals surface area (Å²) >= 11 is 12.4. The number of nitrogens with one attached hydrogen (secondary N) is 1. The maximum Gasteiger partial charge on any atom is 0.398 e. The molecule has 0 fully saturated rings. The molecule has 1 unspecified atom stereocenters. The third-order valence-corrected chi connectivity index (χ3v) is 7.87. The first-order chi connectivity index (χ1) is 19.7. The van der Waals surface area contributed by atoms with Gasteiger partial charge in [0.05, 0.1) is 21.3 Å². The Morgan fingerprint density at radius 3 is 2.62 bits per heavy atom. The van der Waals surface area contributed by atoms with Crippen molar-refractivity contribution in [3.63, 3.8) is 0 Å². The number of rotatable bonds is 6. The molecule has 4 aromatic rings. The largest absolute Gasteiger partial charge is 0.489 e. The fourth-order valence-electron chi connectivity index (χ4n) is 4.79. The van der Waals surface area contributed by atoms with Crippen LogP contribution in [-0.2, 0) is 10.2 Å². The van der Waals surface area contributed by atoms with Crippen LogP contribution < -0.4 is 15.8 Å². The highest BCUT2D eigenvalue weighted by molar-refractivity contribution is 6.35. The smallest absolute Gasteiger partial charge is 0.398 e. The molecule has 42 heavy (non-hydrogen) atoms. The normalized spacial score (nSPS) is 17.0. The van der Waals surface area contributed by atoms with Crippen LogP contribution >= 0.6 is 23.2 Å². The number of hydrogen-bond acceptors (Lipinski definition) is 5. The van der Waals surface area contributed by atoms with E-state index in [2.05, 4.69) is 15.3 Å². The van der Waals surface area contributed by atoms with E-state index in [0.29, 0.717) is 10.9 Å². The number of halogens is 6. The van der Waals surface area contributed by atoms with E-state index < -0.39 is 52.4 Å². The summed E-state index contributed by atoms with van der Waals surface area (Å²) in [7, 11) is 0. The van der Waals surface area contributed by atoms with Crippen molar-refractivity contribution in [1.29, 1.82) is 0 Å². The molecule has 0 radical (unpaired) electrons. The molecule has 3 N–H and O–H groups in total. The quantitative estimate of drug-likeness (QED) is 0.247. The highest BCUT2D eigenvalue weighted by atomic mass is 35.5. The first kappa shape index (κ1) is 29.5. The summed E-state index contributed by atoms with van der Waals surface area (Å²) in [5.74, 6) is -4.86. The number of pyridine rings is 2. The molecule has 0 aliphatic carbocycles. The molecule has 1 aliphatic heterocycles. The van der Waals surface area contributed by atoms with Gasteiger partial charge in [-0.25, -0.2) is 9.37 Å². The van der Waals surface area contributed by atoms with Gasteiger partial charge in [-0.15, -0.1) is 0 Å². The molecule has 0 saturated carbocycles. The number of benzene rings is 2. The van der Waals surface area contributed by atoms with Crippen molar-refractivity contribution >= 4 is 45.9 Å². The van der Waals surface area contributed by atoms with Crippen molar-refractivity contribution in [1.82, 2.24) is 15.3 Å². The number of nitrogens with zero attached hydrogens (tertiary/aromatic N) is 2. The number of alkyl halides is 3. The zero-order chi connectivity index (χ0) is 30.6. The number of nitrogens with two attached hydrogens (primary N) is 1. The topological polar surface area (TPSA) is 107 Å². The monoisotopic (exact) mass is 620 g/mol. The zero-order valence-electron chi connectivity index (χ0n) is 22.1. The molecule has 2 amide bonds. The highest BCUT2D eigenvalue weighted by Crippen LogP contribution is 2.48. The van der Waals surface area contributed by atoms with Gasteiger partial charge in [0.2, 0.25) is 5.91 Å². The highest BCUT2D eigenvalue weighted by Gasteiger charge is 2.47. The minimum Gasteiger partial charge on any atom is -0.489 e. The van der Waals surface area contributed by atoms with E-state index in [9.17, 15) is 27.2 Å². The molecular weight excluding hydrogens is 599 g/mol. The number of fused-ring (bicyclic) bond motifs is 2. The van der Waals surface area contributed by atoms with E-state index in [-0.39, 0.29) is 39.8 Å². The summed E-state index contributed by atoms with van der Waals surface area (Å²) in [6.45, 7) is 2.03. The summed E-state index contributed by atoms with van der Waals surface area (Å²) in [5.41, 5.74) is 4.64. The number of amides is 2. The van der Waals surface area contributed by atoms with Crippen LogP contribution in [0, 0.1) is 12.7 Å². The fourth-order valence-corrected chi connectivity index (χ4v) is 5.28. The summed E-state index contributed by atoms with van der Waals surface area (Å²) in [6, 6.07) is 9.38. The zero-order valence-corrected chi connectivity index (χ0v) is 23.6. The van der Waals surface area contributed by atoms with Gasteiger partial charge >= 0.3 is 6.18 Å². The summed E-state index contributed by atoms with van der Waals surface area (Å²) < 4.78 is 63.6. The lowest BCUT2D eigenvalue weighted by atomic mass is 9.82. The minimum atomic E-state index is -4.90. The Bertz CT molecular complexity index is 1770. The molecule has 2 atom stereocenters. The first-order valence-electron chi connectivity index (χ1n) is 12.5. The molecule has 0 spiro atoms. The van der Waals surface area contributed by atoms with Crippen molar-refractivity contribution in [3.05, 3.63) is 86.9 Å². The number of primary amides is 1. The molecule has 2 aromatic heterocycles. The molecule has 7 nitrogen and oxygen atoms in total. The lowest BCUT2D eigenvalue weighted by Crippen LogP contribution is -2.40. The third kappa shape index (κ3) is 5.22. The van der Waals surface area contributed by atoms with Gasteiger partial charge < -0.3 is 15.8 Å². The molecule has 3 heterocycles. The molecular formula is C29H22Cl2F4N4O3. The van der Waals surface area contributed by atoms with Gasteiger partial charge in [0.15, 0.2) is 0 Å². The summed E-state index contributed by atoms with van der Waals surface area (Å²) in [4.78, 5) is 33.8. The standard InChI is InChI=1S/C29H22Cl2F4N4O3/c1-13-6-14-7-15(8-19(30)23(14)37-10-13)26(40)38-11-18(29(33,34)35)21-9-17-25(42-12-28(17,2)27(36)41)24(39-21)16-4-3-5-20(32)22(16)31/h3-10,18H,11-12H2,1-2H3,(H2,36,41)(H,38,40)/t18?,28-/m0/s1. The van der Waals surface area contributed by atoms with Crippen molar-refractivity contribution in [3.8, 4) is 17.0 Å². The van der Waals surface area contributed by atoms with Crippen LogP contribution in [0.25, 0.3) is 22.2 Å². The maximum absolute atomic E-state index is 14.5. The summed E-state index contributed by atoms with van der Waals surface area (Å²) in [6.07, 6.45) is -3.30. The van der Waals surface area contributed by atoms with Crippen LogP contribution in [0.3, 0.4) is 0 Å². The van der Waals surface area contributed by atoms with E-state index >= 15 is 0 Å². The van der Waals surface area contributed by atoms with Crippen molar-refractivity contribution in [2.45, 2.75) is 31.4 Å². The van der Waals surface area contributed by atoms with Crippen LogP contribution in [0.5, 0.6) is 5.75 Å². The molecule has 1 aliphatic rings. The molecule has 218 valence electrons. The predicted octanol–water partition coefficient (Wildman–Crippen LogP) is 6.26. The van der Waals surface area contributed by atoms with Crippen LogP contribution in [0.2, 0.25) is 10.0 Å². The Morgan fingerprint density at radius 1 is 1.19 bits per heavy atom. The number of aryl methyl sites for hydroxylation is 1. The van der Waals surface area contributed by atoms with Gasteiger partial charge in [0, 0.05) is 34.8 Å². The Labute approximate surface area is 247 Å². The van der Waals surface area contributed by atoms with E-state index in [4.69, 9.17) is 33.7 Å². The Kier molecular flexibility index (Phi) is 7.53. The number of carbonyl (C=O) groups excluding carboxylic acids is 2. The Hall–Kier alpha value is -3.96. The van der Waals surface area contributed by atoms with E-state index in [1.54, 1.807) is 19.2 Å². The number of hydrogen-bond donors (Lipinski definition) is 2. The second kappa shape index (κ2) is 10.7. The van der Waals surface area contributed by atoms with Gasteiger partial charge in [-0.2, -0.15) is 13.2 Å². The fraction of sp³-hybridized carbons (Fsp3) is 0.241. The van der Waals surface area contributed by atoms with E-state index in [0.717, 1.165) is 17.7 Å². The molecule has 0 saturated heterocycles.